The second-order valence-electron chi connectivity index (χ2n) is 5.96. The molecule has 1 atom stereocenters. The van der Waals surface area contributed by atoms with Crippen molar-refractivity contribution >= 4 is 17.5 Å². The van der Waals surface area contributed by atoms with Crippen LogP contribution in [0.4, 0.5) is 5.69 Å². The van der Waals surface area contributed by atoms with E-state index in [1.54, 1.807) is 0 Å². The van der Waals surface area contributed by atoms with Crippen molar-refractivity contribution in [2.24, 2.45) is 0 Å². The number of nitrogens with zero attached hydrogens (tertiary/aromatic N) is 1. The Kier molecular flexibility index (Phi) is 2.96. The van der Waals surface area contributed by atoms with Gasteiger partial charge >= 0.3 is 0 Å². The minimum absolute atomic E-state index is 0.0673. The van der Waals surface area contributed by atoms with Crippen molar-refractivity contribution in [2.45, 2.75) is 31.8 Å². The highest BCUT2D eigenvalue weighted by Crippen LogP contribution is 2.38. The summed E-state index contributed by atoms with van der Waals surface area (Å²) >= 11 is 0. The van der Waals surface area contributed by atoms with Gasteiger partial charge in [0.15, 0.2) is 0 Å². The van der Waals surface area contributed by atoms with Gasteiger partial charge < -0.3 is 15.0 Å². The van der Waals surface area contributed by atoms with Crippen LogP contribution in [0, 0.1) is 0 Å². The van der Waals surface area contributed by atoms with Gasteiger partial charge in [0, 0.05) is 25.3 Å². The van der Waals surface area contributed by atoms with E-state index in [0.29, 0.717) is 18.5 Å². The summed E-state index contributed by atoms with van der Waals surface area (Å²) < 4.78 is 5.51. The van der Waals surface area contributed by atoms with Crippen LogP contribution in [-0.4, -0.2) is 37.6 Å². The number of hydrogen-bond acceptors (Lipinski definition) is 3. The number of amides is 2. The van der Waals surface area contributed by atoms with Crippen molar-refractivity contribution in [3.63, 3.8) is 0 Å². The highest BCUT2D eigenvalue weighted by molar-refractivity contribution is 6.05. The largest absolute Gasteiger partial charge is 0.376 e. The molecule has 1 N–H and O–H groups in total. The average molecular weight is 286 g/mol. The molecular formula is C16H18N2O3. The van der Waals surface area contributed by atoms with Crippen LogP contribution >= 0.6 is 0 Å². The molecule has 5 nitrogen and oxygen atoms in total. The van der Waals surface area contributed by atoms with E-state index in [9.17, 15) is 9.59 Å². The normalized spacial score (nSPS) is 22.8. The molecule has 2 amide bonds. The summed E-state index contributed by atoms with van der Waals surface area (Å²) in [6, 6.07) is 3.80. The van der Waals surface area contributed by atoms with Crippen LogP contribution in [0.15, 0.2) is 12.1 Å². The minimum Gasteiger partial charge on any atom is -0.376 e. The van der Waals surface area contributed by atoms with Gasteiger partial charge in [0.2, 0.25) is 5.91 Å². The Morgan fingerprint density at radius 2 is 2.24 bits per heavy atom. The summed E-state index contributed by atoms with van der Waals surface area (Å²) in [7, 11) is 0. The second-order valence-corrected chi connectivity index (χ2v) is 5.96. The number of rotatable bonds is 3. The molecule has 0 aromatic heterocycles. The molecule has 3 heterocycles. The first-order valence-corrected chi connectivity index (χ1v) is 7.58. The first-order valence-electron chi connectivity index (χ1n) is 7.58. The standard InChI is InChI=1S/C16H18N2O3/c19-14-8-11-7-12(6-10-3-4-18(14)15(10)11)16(20)17-9-13-2-1-5-21-13/h6-7,13H,1-5,8-9H2,(H,17,20). The van der Waals surface area contributed by atoms with Crippen LogP contribution < -0.4 is 10.2 Å². The van der Waals surface area contributed by atoms with Gasteiger partial charge in [-0.05, 0) is 42.5 Å². The van der Waals surface area contributed by atoms with Crippen LogP contribution in [0.5, 0.6) is 0 Å². The molecule has 1 fully saturated rings. The van der Waals surface area contributed by atoms with E-state index in [2.05, 4.69) is 5.32 Å². The highest BCUT2D eigenvalue weighted by Gasteiger charge is 2.34. The summed E-state index contributed by atoms with van der Waals surface area (Å²) in [6.07, 6.45) is 3.51. The van der Waals surface area contributed by atoms with Crippen molar-refractivity contribution in [1.82, 2.24) is 5.32 Å². The fourth-order valence-corrected chi connectivity index (χ4v) is 3.53. The molecule has 3 aliphatic heterocycles. The summed E-state index contributed by atoms with van der Waals surface area (Å²) in [6.45, 7) is 2.11. The van der Waals surface area contributed by atoms with Gasteiger partial charge in [-0.1, -0.05) is 0 Å². The molecular weight excluding hydrogens is 268 g/mol. The Morgan fingerprint density at radius 1 is 1.38 bits per heavy atom. The zero-order valence-electron chi connectivity index (χ0n) is 11.9. The lowest BCUT2D eigenvalue weighted by Gasteiger charge is -2.12. The Hall–Kier alpha value is -1.88. The summed E-state index contributed by atoms with van der Waals surface area (Å²) in [5.41, 5.74) is 3.84. The number of anilines is 1. The maximum Gasteiger partial charge on any atom is 0.251 e. The predicted octanol–water partition coefficient (Wildman–Crippen LogP) is 1.04. The molecule has 0 spiro atoms. The molecule has 0 radical (unpaired) electrons. The molecule has 3 aliphatic rings. The zero-order valence-corrected chi connectivity index (χ0v) is 11.9. The van der Waals surface area contributed by atoms with Crippen molar-refractivity contribution in [2.75, 3.05) is 24.6 Å². The van der Waals surface area contributed by atoms with E-state index in [0.717, 1.165) is 49.2 Å². The quantitative estimate of drug-likeness (QED) is 0.903. The third-order valence-electron chi connectivity index (χ3n) is 4.56. The molecule has 5 heteroatoms. The summed E-state index contributed by atoms with van der Waals surface area (Å²) in [5.74, 6) is 0.0861. The van der Waals surface area contributed by atoms with Gasteiger partial charge in [0.05, 0.1) is 18.2 Å². The lowest BCUT2D eigenvalue weighted by Crippen LogP contribution is -2.31. The number of hydrogen-bond donors (Lipinski definition) is 1. The molecule has 1 aromatic carbocycles. The van der Waals surface area contributed by atoms with E-state index in [4.69, 9.17) is 4.74 Å². The second kappa shape index (κ2) is 4.84. The van der Waals surface area contributed by atoms with Crippen molar-refractivity contribution in [1.29, 1.82) is 0 Å². The SMILES string of the molecule is O=C(NCC1CCCO1)c1cc2c3c(c1)CC(=O)N3CC2. The number of ether oxygens (including phenoxy) is 1. The van der Waals surface area contributed by atoms with Crippen LogP contribution in [0.25, 0.3) is 0 Å². The predicted molar refractivity (Wildman–Crippen MR) is 77.5 cm³/mol. The number of benzene rings is 1. The molecule has 1 saturated heterocycles. The van der Waals surface area contributed by atoms with Crippen molar-refractivity contribution < 1.29 is 14.3 Å². The van der Waals surface area contributed by atoms with Crippen molar-refractivity contribution in [3.05, 3.63) is 28.8 Å². The maximum absolute atomic E-state index is 12.3. The number of nitrogens with one attached hydrogen (secondary N) is 1. The zero-order chi connectivity index (χ0) is 14.4. The molecule has 21 heavy (non-hydrogen) atoms. The first-order chi connectivity index (χ1) is 10.2. The molecule has 4 rings (SSSR count). The van der Waals surface area contributed by atoms with Gasteiger partial charge in [-0.15, -0.1) is 0 Å². The molecule has 110 valence electrons. The monoisotopic (exact) mass is 286 g/mol. The number of carbonyl (C=O) groups excluding carboxylic acids is 2. The molecule has 0 aliphatic carbocycles. The number of carbonyl (C=O) groups is 2. The van der Waals surface area contributed by atoms with E-state index >= 15 is 0 Å². The van der Waals surface area contributed by atoms with Gasteiger partial charge in [0.25, 0.3) is 5.91 Å². The summed E-state index contributed by atoms with van der Waals surface area (Å²) in [5, 5.41) is 2.95. The van der Waals surface area contributed by atoms with Crippen molar-refractivity contribution in [3.8, 4) is 0 Å². The van der Waals surface area contributed by atoms with E-state index in [1.807, 2.05) is 17.0 Å². The Labute approximate surface area is 123 Å². The Bertz CT molecular complexity index is 620. The summed E-state index contributed by atoms with van der Waals surface area (Å²) in [4.78, 5) is 26.0. The fraction of sp³-hybridized carbons (Fsp3) is 0.500. The van der Waals surface area contributed by atoms with E-state index < -0.39 is 0 Å². The third kappa shape index (κ3) is 2.12. The molecule has 1 aromatic rings. The highest BCUT2D eigenvalue weighted by atomic mass is 16.5. The Balaban J connectivity index is 1.52. The third-order valence-corrected chi connectivity index (χ3v) is 4.56. The maximum atomic E-state index is 12.3. The molecule has 1 unspecified atom stereocenters. The lowest BCUT2D eigenvalue weighted by atomic mass is 10.0. The van der Waals surface area contributed by atoms with Crippen LogP contribution in [0.2, 0.25) is 0 Å². The average Bonchev–Trinajstić information content (AvgIpc) is 3.19. The first kappa shape index (κ1) is 12.8. The lowest BCUT2D eigenvalue weighted by molar-refractivity contribution is -0.117. The van der Waals surface area contributed by atoms with E-state index in [1.165, 1.54) is 0 Å². The minimum atomic E-state index is -0.0673. The van der Waals surface area contributed by atoms with Crippen LogP contribution in [-0.2, 0) is 22.4 Å². The van der Waals surface area contributed by atoms with Gasteiger partial charge in [-0.3, -0.25) is 9.59 Å². The van der Waals surface area contributed by atoms with Crippen LogP contribution in [0.1, 0.15) is 34.3 Å². The van der Waals surface area contributed by atoms with Gasteiger partial charge in [-0.2, -0.15) is 0 Å². The van der Waals surface area contributed by atoms with Crippen LogP contribution in [0.3, 0.4) is 0 Å². The Morgan fingerprint density at radius 3 is 3.05 bits per heavy atom. The smallest absolute Gasteiger partial charge is 0.251 e. The van der Waals surface area contributed by atoms with E-state index in [-0.39, 0.29) is 17.9 Å². The van der Waals surface area contributed by atoms with Gasteiger partial charge in [0.1, 0.15) is 0 Å². The fourth-order valence-electron chi connectivity index (χ4n) is 3.53. The molecule has 0 bridgehead atoms. The topological polar surface area (TPSA) is 58.6 Å². The molecule has 0 saturated carbocycles. The van der Waals surface area contributed by atoms with Gasteiger partial charge in [-0.25, -0.2) is 0 Å².